The van der Waals surface area contributed by atoms with Crippen molar-refractivity contribution < 1.29 is 4.79 Å². The largest absolute Gasteiger partial charge is 0.342 e. The molecule has 3 heteroatoms. The van der Waals surface area contributed by atoms with Gasteiger partial charge in [-0.1, -0.05) is 25.7 Å². The Balaban J connectivity index is 2.35. The third-order valence-electron chi connectivity index (χ3n) is 3.57. The molecule has 1 fully saturated rings. The van der Waals surface area contributed by atoms with E-state index in [9.17, 15) is 4.79 Å². The minimum atomic E-state index is 0.305. The number of nitrogens with two attached hydrogens (primary N) is 1. The molecule has 0 aromatic heterocycles. The van der Waals surface area contributed by atoms with Crippen LogP contribution in [0, 0.1) is 5.92 Å². The summed E-state index contributed by atoms with van der Waals surface area (Å²) in [5.41, 5.74) is 5.51. The standard InChI is InChI=1S/C13H26N2O/c1-2-15(10-9-14)13(16)11-12-7-5-3-4-6-8-12/h12H,2-11,14H2,1H3. The maximum atomic E-state index is 12.0. The van der Waals surface area contributed by atoms with E-state index in [1.165, 1.54) is 38.5 Å². The van der Waals surface area contributed by atoms with Crippen molar-refractivity contribution in [3.8, 4) is 0 Å². The average molecular weight is 226 g/mol. The van der Waals surface area contributed by atoms with Crippen LogP contribution in [0.3, 0.4) is 0 Å². The maximum Gasteiger partial charge on any atom is 0.222 e. The smallest absolute Gasteiger partial charge is 0.222 e. The summed E-state index contributed by atoms with van der Waals surface area (Å²) in [6.07, 6.45) is 8.55. The van der Waals surface area contributed by atoms with Crippen LogP contribution in [0.2, 0.25) is 0 Å². The SMILES string of the molecule is CCN(CCN)C(=O)CC1CCCCCC1. The summed E-state index contributed by atoms with van der Waals surface area (Å²) in [4.78, 5) is 13.9. The van der Waals surface area contributed by atoms with Crippen molar-refractivity contribution >= 4 is 5.91 Å². The van der Waals surface area contributed by atoms with Crippen molar-refractivity contribution in [2.24, 2.45) is 11.7 Å². The third-order valence-corrected chi connectivity index (χ3v) is 3.57. The molecule has 1 aliphatic rings. The number of hydrogen-bond donors (Lipinski definition) is 1. The van der Waals surface area contributed by atoms with Crippen molar-refractivity contribution in [3.05, 3.63) is 0 Å². The van der Waals surface area contributed by atoms with E-state index in [1.54, 1.807) is 0 Å². The highest BCUT2D eigenvalue weighted by Gasteiger charge is 2.18. The summed E-state index contributed by atoms with van der Waals surface area (Å²) in [6.45, 7) is 4.11. The Morgan fingerprint density at radius 3 is 2.38 bits per heavy atom. The Morgan fingerprint density at radius 1 is 1.25 bits per heavy atom. The second-order valence-corrected chi connectivity index (χ2v) is 4.82. The Bertz CT molecular complexity index is 198. The van der Waals surface area contributed by atoms with Crippen LogP contribution in [0.5, 0.6) is 0 Å². The summed E-state index contributed by atoms with van der Waals surface area (Å²) < 4.78 is 0. The summed E-state index contributed by atoms with van der Waals surface area (Å²) in [5, 5.41) is 0. The molecular weight excluding hydrogens is 200 g/mol. The predicted molar refractivity (Wildman–Crippen MR) is 67.1 cm³/mol. The van der Waals surface area contributed by atoms with Gasteiger partial charge in [-0.3, -0.25) is 4.79 Å². The van der Waals surface area contributed by atoms with Crippen LogP contribution in [0.15, 0.2) is 0 Å². The quantitative estimate of drug-likeness (QED) is 0.730. The highest BCUT2D eigenvalue weighted by atomic mass is 16.2. The fourth-order valence-corrected chi connectivity index (χ4v) is 2.56. The summed E-state index contributed by atoms with van der Waals surface area (Å²) in [6, 6.07) is 0. The molecule has 0 aromatic carbocycles. The van der Waals surface area contributed by atoms with Crippen LogP contribution in [0.1, 0.15) is 51.9 Å². The molecule has 1 aliphatic carbocycles. The second-order valence-electron chi connectivity index (χ2n) is 4.82. The number of likely N-dealkylation sites (N-methyl/N-ethyl adjacent to an activating group) is 1. The molecule has 0 unspecified atom stereocenters. The lowest BCUT2D eigenvalue weighted by Gasteiger charge is -2.22. The molecular formula is C13H26N2O. The zero-order valence-corrected chi connectivity index (χ0v) is 10.6. The monoisotopic (exact) mass is 226 g/mol. The van der Waals surface area contributed by atoms with Gasteiger partial charge in [-0.2, -0.15) is 0 Å². The van der Waals surface area contributed by atoms with E-state index in [0.29, 0.717) is 24.9 Å². The van der Waals surface area contributed by atoms with Crippen molar-refractivity contribution in [2.75, 3.05) is 19.6 Å². The van der Waals surface area contributed by atoms with E-state index < -0.39 is 0 Å². The fourth-order valence-electron chi connectivity index (χ4n) is 2.56. The summed E-state index contributed by atoms with van der Waals surface area (Å²) >= 11 is 0. The van der Waals surface area contributed by atoms with Gasteiger partial charge in [-0.25, -0.2) is 0 Å². The summed E-state index contributed by atoms with van der Waals surface area (Å²) in [7, 11) is 0. The van der Waals surface area contributed by atoms with Crippen LogP contribution < -0.4 is 5.73 Å². The van der Waals surface area contributed by atoms with Crippen LogP contribution in [0.25, 0.3) is 0 Å². The van der Waals surface area contributed by atoms with Crippen LogP contribution in [-0.4, -0.2) is 30.4 Å². The molecule has 0 heterocycles. The molecule has 0 atom stereocenters. The van der Waals surface area contributed by atoms with Gasteiger partial charge in [-0.15, -0.1) is 0 Å². The van der Waals surface area contributed by atoms with E-state index in [1.807, 2.05) is 11.8 Å². The number of hydrogen-bond acceptors (Lipinski definition) is 2. The first-order valence-corrected chi connectivity index (χ1v) is 6.75. The first-order valence-electron chi connectivity index (χ1n) is 6.75. The zero-order valence-electron chi connectivity index (χ0n) is 10.6. The van der Waals surface area contributed by atoms with E-state index >= 15 is 0 Å². The van der Waals surface area contributed by atoms with Gasteiger partial charge >= 0.3 is 0 Å². The maximum absolute atomic E-state index is 12.0. The van der Waals surface area contributed by atoms with Gasteiger partial charge in [-0.05, 0) is 25.7 Å². The van der Waals surface area contributed by atoms with E-state index in [-0.39, 0.29) is 0 Å². The first kappa shape index (κ1) is 13.5. The lowest BCUT2D eigenvalue weighted by Crippen LogP contribution is -2.36. The van der Waals surface area contributed by atoms with Gasteiger partial charge in [0.2, 0.25) is 5.91 Å². The van der Waals surface area contributed by atoms with Gasteiger partial charge in [0.1, 0.15) is 0 Å². The van der Waals surface area contributed by atoms with Gasteiger partial charge in [0.05, 0.1) is 0 Å². The molecule has 1 rings (SSSR count). The number of amides is 1. The van der Waals surface area contributed by atoms with Gasteiger partial charge in [0, 0.05) is 26.1 Å². The molecule has 0 saturated heterocycles. The highest BCUT2D eigenvalue weighted by molar-refractivity contribution is 5.76. The van der Waals surface area contributed by atoms with Crippen LogP contribution >= 0.6 is 0 Å². The van der Waals surface area contributed by atoms with Gasteiger partial charge in [0.15, 0.2) is 0 Å². The molecule has 0 aliphatic heterocycles. The fraction of sp³-hybridized carbons (Fsp3) is 0.923. The molecule has 94 valence electrons. The Labute approximate surface area is 99.4 Å². The number of carbonyl (C=O) groups excluding carboxylic acids is 1. The molecule has 0 aromatic rings. The third kappa shape index (κ3) is 4.52. The molecule has 1 saturated carbocycles. The van der Waals surface area contributed by atoms with Crippen LogP contribution in [0.4, 0.5) is 0 Å². The highest BCUT2D eigenvalue weighted by Crippen LogP contribution is 2.25. The lowest BCUT2D eigenvalue weighted by molar-refractivity contribution is -0.132. The second kappa shape index (κ2) is 7.66. The molecule has 1 amide bonds. The minimum absolute atomic E-state index is 0.305. The minimum Gasteiger partial charge on any atom is -0.342 e. The zero-order chi connectivity index (χ0) is 11.8. The topological polar surface area (TPSA) is 46.3 Å². The number of carbonyl (C=O) groups is 1. The average Bonchev–Trinajstić information content (AvgIpc) is 2.54. The Kier molecular flexibility index (Phi) is 6.46. The van der Waals surface area contributed by atoms with E-state index in [0.717, 1.165) is 13.0 Å². The van der Waals surface area contributed by atoms with Gasteiger partial charge in [0.25, 0.3) is 0 Å². The van der Waals surface area contributed by atoms with Crippen molar-refractivity contribution in [2.45, 2.75) is 51.9 Å². The summed E-state index contributed by atoms with van der Waals surface area (Å²) in [5.74, 6) is 0.932. The molecule has 0 bridgehead atoms. The number of rotatable bonds is 5. The molecule has 3 nitrogen and oxygen atoms in total. The van der Waals surface area contributed by atoms with Crippen molar-refractivity contribution in [3.63, 3.8) is 0 Å². The Hall–Kier alpha value is -0.570. The lowest BCUT2D eigenvalue weighted by atomic mass is 9.96. The number of nitrogens with zero attached hydrogens (tertiary/aromatic N) is 1. The van der Waals surface area contributed by atoms with E-state index in [4.69, 9.17) is 5.73 Å². The van der Waals surface area contributed by atoms with E-state index in [2.05, 4.69) is 0 Å². The molecule has 0 spiro atoms. The van der Waals surface area contributed by atoms with Crippen molar-refractivity contribution in [1.29, 1.82) is 0 Å². The molecule has 0 radical (unpaired) electrons. The van der Waals surface area contributed by atoms with Crippen LogP contribution in [-0.2, 0) is 4.79 Å². The van der Waals surface area contributed by atoms with Gasteiger partial charge < -0.3 is 10.6 Å². The normalized spacial score (nSPS) is 18.1. The Morgan fingerprint density at radius 2 is 1.88 bits per heavy atom. The van der Waals surface area contributed by atoms with Crippen molar-refractivity contribution in [1.82, 2.24) is 4.90 Å². The first-order chi connectivity index (χ1) is 7.77. The molecule has 16 heavy (non-hydrogen) atoms. The molecule has 2 N–H and O–H groups in total. The predicted octanol–water partition coefficient (Wildman–Crippen LogP) is 2.15.